The minimum absolute atomic E-state index is 0.0712. The van der Waals surface area contributed by atoms with Crippen molar-refractivity contribution in [2.45, 2.75) is 18.9 Å². The molecule has 180 valence electrons. The second-order valence-corrected chi connectivity index (χ2v) is 7.70. The van der Waals surface area contributed by atoms with Gasteiger partial charge in [0.1, 0.15) is 11.9 Å². The quantitative estimate of drug-likeness (QED) is 0.526. The summed E-state index contributed by atoms with van der Waals surface area (Å²) >= 11 is 0. The first-order valence-corrected chi connectivity index (χ1v) is 10.3. The number of benzene rings is 1. The molecule has 1 atom stereocenters. The van der Waals surface area contributed by atoms with Crippen molar-refractivity contribution in [1.29, 1.82) is 5.26 Å². The van der Waals surface area contributed by atoms with Crippen LogP contribution in [0.1, 0.15) is 22.3 Å². The van der Waals surface area contributed by atoms with Crippen LogP contribution in [0.4, 0.5) is 29.1 Å². The Morgan fingerprint density at radius 1 is 1.23 bits per heavy atom. The van der Waals surface area contributed by atoms with E-state index in [1.807, 2.05) is 11.0 Å². The third-order valence-corrected chi connectivity index (χ3v) is 5.19. The number of carbonyl (C=O) groups excluding carboxylic acids is 1. The minimum atomic E-state index is -5.06. The number of hydrogen-bond donors (Lipinski definition) is 2. The van der Waals surface area contributed by atoms with E-state index >= 15 is 0 Å². The van der Waals surface area contributed by atoms with Gasteiger partial charge in [-0.3, -0.25) is 9.78 Å². The molecule has 3 heterocycles. The lowest BCUT2D eigenvalue weighted by molar-refractivity contribution is -0.275. The third kappa shape index (κ3) is 5.64. The molecule has 1 aromatic carbocycles. The van der Waals surface area contributed by atoms with Gasteiger partial charge >= 0.3 is 6.36 Å². The average Bonchev–Trinajstić information content (AvgIpc) is 3.25. The summed E-state index contributed by atoms with van der Waals surface area (Å²) in [7, 11) is 0. The number of ether oxygens (including phenoxy) is 1. The molecule has 0 radical (unpaired) electrons. The number of carbonyl (C=O) groups is 1. The number of nitrogens with zero attached hydrogens (tertiary/aromatic N) is 4. The summed E-state index contributed by atoms with van der Waals surface area (Å²) in [5.74, 6) is -2.54. The predicted octanol–water partition coefficient (Wildman–Crippen LogP) is 3.88. The van der Waals surface area contributed by atoms with Crippen LogP contribution in [0.15, 0.2) is 48.9 Å². The van der Waals surface area contributed by atoms with Gasteiger partial charge in [-0.1, -0.05) is 0 Å². The highest BCUT2D eigenvalue weighted by molar-refractivity contribution is 6.05. The van der Waals surface area contributed by atoms with E-state index < -0.39 is 29.9 Å². The molecule has 35 heavy (non-hydrogen) atoms. The lowest BCUT2D eigenvalue weighted by Crippen LogP contribution is -2.23. The molecule has 0 saturated carbocycles. The molecular formula is C23H17F4N5O3. The number of β-amino-alcohol motifs (C(OH)–C–C–N with tert-alkyl or cyclic N) is 1. The zero-order chi connectivity index (χ0) is 25.2. The molecule has 4 rings (SSSR count). The first kappa shape index (κ1) is 23.9. The van der Waals surface area contributed by atoms with Crippen LogP contribution in [0.5, 0.6) is 5.75 Å². The number of aromatic nitrogens is 2. The standard InChI is InChI=1S/C23H17F4N5O3/c24-19-7-16(1-2-20(19)35-23(25,26)27)31-22(34)15-6-18(14-5-13(8-28)9-29-10-14)21(30-11-15)32-4-3-17(33)12-32/h1-2,5-7,9-11,17,33H,3-4,12H2,(H,31,34). The van der Waals surface area contributed by atoms with Crippen molar-refractivity contribution in [3.63, 3.8) is 0 Å². The van der Waals surface area contributed by atoms with Crippen molar-refractivity contribution >= 4 is 17.4 Å². The highest BCUT2D eigenvalue weighted by Gasteiger charge is 2.32. The average molecular weight is 487 g/mol. The van der Waals surface area contributed by atoms with E-state index in [4.69, 9.17) is 0 Å². The van der Waals surface area contributed by atoms with E-state index in [-0.39, 0.29) is 11.3 Å². The maximum Gasteiger partial charge on any atom is 0.573 e. The fourth-order valence-electron chi connectivity index (χ4n) is 3.62. The maximum atomic E-state index is 14.0. The van der Waals surface area contributed by atoms with E-state index in [9.17, 15) is 32.7 Å². The number of amides is 1. The van der Waals surface area contributed by atoms with Gasteiger partial charge in [0.25, 0.3) is 5.91 Å². The van der Waals surface area contributed by atoms with Crippen LogP contribution in [0.25, 0.3) is 11.1 Å². The van der Waals surface area contributed by atoms with Crippen molar-refractivity contribution in [1.82, 2.24) is 9.97 Å². The minimum Gasteiger partial charge on any atom is -0.403 e. The van der Waals surface area contributed by atoms with Gasteiger partial charge in [-0.25, -0.2) is 9.37 Å². The van der Waals surface area contributed by atoms with Crippen LogP contribution in [-0.4, -0.2) is 46.5 Å². The highest BCUT2D eigenvalue weighted by atomic mass is 19.4. The van der Waals surface area contributed by atoms with E-state index in [2.05, 4.69) is 20.0 Å². The van der Waals surface area contributed by atoms with Crippen LogP contribution < -0.4 is 15.0 Å². The molecule has 0 aliphatic carbocycles. The third-order valence-electron chi connectivity index (χ3n) is 5.19. The molecule has 0 spiro atoms. The lowest BCUT2D eigenvalue weighted by Gasteiger charge is -2.21. The number of nitrogens with one attached hydrogen (secondary N) is 1. The largest absolute Gasteiger partial charge is 0.573 e. The van der Waals surface area contributed by atoms with Crippen LogP contribution in [0, 0.1) is 17.1 Å². The molecule has 12 heteroatoms. The molecule has 0 bridgehead atoms. The number of aliphatic hydroxyl groups excluding tert-OH is 1. The molecule has 1 unspecified atom stereocenters. The SMILES string of the molecule is N#Cc1cncc(-c2cc(C(=O)Nc3ccc(OC(F)(F)F)c(F)c3)cnc2N2CCC(O)C2)c1. The number of aliphatic hydroxyl groups is 1. The van der Waals surface area contributed by atoms with Crippen molar-refractivity contribution in [3.05, 3.63) is 65.9 Å². The number of alkyl halides is 3. The van der Waals surface area contributed by atoms with Gasteiger partial charge in [0, 0.05) is 54.6 Å². The second kappa shape index (κ2) is 9.55. The molecule has 2 N–H and O–H groups in total. The van der Waals surface area contributed by atoms with Crippen LogP contribution in [-0.2, 0) is 0 Å². The van der Waals surface area contributed by atoms with Crippen LogP contribution in [0.3, 0.4) is 0 Å². The summed E-state index contributed by atoms with van der Waals surface area (Å²) in [6, 6.07) is 7.61. The Hall–Kier alpha value is -4.24. The Labute approximate surface area is 196 Å². The number of hydrogen-bond acceptors (Lipinski definition) is 7. The Bertz CT molecular complexity index is 1310. The number of nitriles is 1. The fraction of sp³-hybridized carbons (Fsp3) is 0.217. The predicted molar refractivity (Wildman–Crippen MR) is 116 cm³/mol. The molecule has 8 nitrogen and oxygen atoms in total. The smallest absolute Gasteiger partial charge is 0.403 e. The summed E-state index contributed by atoms with van der Waals surface area (Å²) in [5.41, 5.74) is 1.27. The molecule has 1 amide bonds. The lowest BCUT2D eigenvalue weighted by atomic mass is 10.0. The van der Waals surface area contributed by atoms with Gasteiger partial charge in [-0.15, -0.1) is 13.2 Å². The van der Waals surface area contributed by atoms with Gasteiger partial charge in [-0.05, 0) is 30.7 Å². The zero-order valence-electron chi connectivity index (χ0n) is 17.9. The van der Waals surface area contributed by atoms with Crippen molar-refractivity contribution in [2.24, 2.45) is 0 Å². The van der Waals surface area contributed by atoms with Gasteiger partial charge in [0.2, 0.25) is 0 Å². The maximum absolute atomic E-state index is 14.0. The van der Waals surface area contributed by atoms with Crippen LogP contribution >= 0.6 is 0 Å². The molecule has 1 aliphatic rings. The Morgan fingerprint density at radius 2 is 2.03 bits per heavy atom. The van der Waals surface area contributed by atoms with Gasteiger partial charge in [0.05, 0.1) is 17.2 Å². The number of rotatable bonds is 5. The normalized spacial score (nSPS) is 15.5. The van der Waals surface area contributed by atoms with E-state index in [0.717, 1.165) is 12.1 Å². The molecule has 1 aliphatic heterocycles. The number of pyridine rings is 2. The molecular weight excluding hydrogens is 470 g/mol. The first-order valence-electron chi connectivity index (χ1n) is 10.3. The Balaban J connectivity index is 1.64. The monoisotopic (exact) mass is 487 g/mol. The summed E-state index contributed by atoms with van der Waals surface area (Å²) in [6.07, 6.45) is -0.872. The summed E-state index contributed by atoms with van der Waals surface area (Å²) in [4.78, 5) is 23.1. The topological polar surface area (TPSA) is 111 Å². The van der Waals surface area contributed by atoms with Gasteiger partial charge < -0.3 is 20.1 Å². The Kier molecular flexibility index (Phi) is 6.52. The fourth-order valence-corrected chi connectivity index (χ4v) is 3.62. The van der Waals surface area contributed by atoms with Crippen molar-refractivity contribution in [3.8, 4) is 22.9 Å². The molecule has 3 aromatic rings. The highest BCUT2D eigenvalue weighted by Crippen LogP contribution is 2.33. The Morgan fingerprint density at radius 3 is 2.69 bits per heavy atom. The summed E-state index contributed by atoms with van der Waals surface area (Å²) in [5, 5.41) is 21.6. The van der Waals surface area contributed by atoms with E-state index in [1.54, 1.807) is 6.07 Å². The second-order valence-electron chi connectivity index (χ2n) is 7.70. The van der Waals surface area contributed by atoms with Gasteiger partial charge in [-0.2, -0.15) is 5.26 Å². The number of anilines is 2. The summed E-state index contributed by atoms with van der Waals surface area (Å²) in [6.45, 7) is 0.867. The van der Waals surface area contributed by atoms with Crippen molar-refractivity contribution in [2.75, 3.05) is 23.3 Å². The first-order chi connectivity index (χ1) is 16.6. The van der Waals surface area contributed by atoms with Crippen LogP contribution in [0.2, 0.25) is 0 Å². The van der Waals surface area contributed by atoms with Gasteiger partial charge in [0.15, 0.2) is 11.6 Å². The number of halogens is 4. The van der Waals surface area contributed by atoms with E-state index in [1.165, 1.54) is 24.7 Å². The molecule has 1 saturated heterocycles. The van der Waals surface area contributed by atoms with Crippen molar-refractivity contribution < 1.29 is 32.2 Å². The van der Waals surface area contributed by atoms with E-state index in [0.29, 0.717) is 48.1 Å². The molecule has 2 aromatic heterocycles. The molecule has 1 fully saturated rings. The zero-order valence-corrected chi connectivity index (χ0v) is 17.9. The summed E-state index contributed by atoms with van der Waals surface area (Å²) < 4.78 is 54.6.